The summed E-state index contributed by atoms with van der Waals surface area (Å²) in [5, 5.41) is 0. The molecule has 0 aromatic heterocycles. The topological polar surface area (TPSA) is 76.7 Å². The number of amides is 2. The molecule has 2 amide bonds. The molecule has 1 aliphatic heterocycles. The number of benzene rings is 2. The summed E-state index contributed by atoms with van der Waals surface area (Å²) in [7, 11) is 0. The molecule has 0 saturated carbocycles. The fraction of sp³-hybridized carbons (Fsp3) is 0.125. The molecule has 1 unspecified atom stereocenters. The van der Waals surface area contributed by atoms with E-state index in [4.69, 9.17) is 9.47 Å². The molecule has 0 spiro atoms. The van der Waals surface area contributed by atoms with E-state index >= 15 is 0 Å². The van der Waals surface area contributed by atoms with E-state index in [2.05, 4.69) is 26.8 Å². The average molecular weight is 395 g/mol. The number of rotatable bonds is 2. The zero-order valence-electron chi connectivity index (χ0n) is 12.2. The van der Waals surface area contributed by atoms with Crippen molar-refractivity contribution in [3.05, 3.63) is 58.3 Å². The summed E-state index contributed by atoms with van der Waals surface area (Å²) in [4.78, 5) is 24.1. The normalized spacial score (nSPS) is 15.5. The van der Waals surface area contributed by atoms with E-state index < -0.39 is 23.7 Å². The third kappa shape index (κ3) is 3.48. The first-order chi connectivity index (χ1) is 11.5. The van der Waals surface area contributed by atoms with Crippen molar-refractivity contribution >= 4 is 27.7 Å². The molecule has 1 heterocycles. The molecule has 0 saturated heterocycles. The Kier molecular flexibility index (Phi) is 4.66. The van der Waals surface area contributed by atoms with Crippen molar-refractivity contribution in [2.45, 2.75) is 6.10 Å². The van der Waals surface area contributed by atoms with E-state index in [-0.39, 0.29) is 16.6 Å². The second kappa shape index (κ2) is 6.88. The Hall–Kier alpha value is -2.61. The van der Waals surface area contributed by atoms with Crippen LogP contribution in [0.1, 0.15) is 10.4 Å². The number of hydrogen-bond acceptors (Lipinski definition) is 4. The van der Waals surface area contributed by atoms with E-state index in [9.17, 15) is 14.0 Å². The van der Waals surface area contributed by atoms with Gasteiger partial charge >= 0.3 is 0 Å². The molecule has 0 fully saturated rings. The Labute approximate surface area is 145 Å². The molecule has 6 nitrogen and oxygen atoms in total. The number of carbonyl (C=O) groups excluding carboxylic acids is 2. The van der Waals surface area contributed by atoms with Gasteiger partial charge in [0.15, 0.2) is 11.5 Å². The van der Waals surface area contributed by atoms with Gasteiger partial charge in [0.25, 0.3) is 11.8 Å². The van der Waals surface area contributed by atoms with E-state index in [1.807, 2.05) is 0 Å². The van der Waals surface area contributed by atoms with E-state index in [0.29, 0.717) is 11.5 Å². The highest BCUT2D eigenvalue weighted by Gasteiger charge is 2.27. The van der Waals surface area contributed by atoms with E-state index in [1.54, 1.807) is 24.3 Å². The van der Waals surface area contributed by atoms with Gasteiger partial charge in [-0.2, -0.15) is 0 Å². The van der Waals surface area contributed by atoms with Gasteiger partial charge in [-0.25, -0.2) is 4.39 Å². The fourth-order valence-electron chi connectivity index (χ4n) is 2.09. The smallest absolute Gasteiger partial charge is 0.283 e. The predicted octanol–water partition coefficient (Wildman–Crippen LogP) is 2.19. The molecule has 8 heteroatoms. The maximum absolute atomic E-state index is 13.0. The van der Waals surface area contributed by atoms with Gasteiger partial charge in [0.2, 0.25) is 6.10 Å². The van der Waals surface area contributed by atoms with Crippen LogP contribution in [0.2, 0.25) is 0 Å². The average Bonchev–Trinajstić information content (AvgIpc) is 2.59. The summed E-state index contributed by atoms with van der Waals surface area (Å²) in [6.07, 6.45) is -0.892. The lowest BCUT2D eigenvalue weighted by atomic mass is 10.2. The van der Waals surface area contributed by atoms with Crippen molar-refractivity contribution in [2.75, 3.05) is 6.61 Å². The van der Waals surface area contributed by atoms with Gasteiger partial charge in [0, 0.05) is 4.47 Å². The minimum atomic E-state index is -0.892. The Morgan fingerprint density at radius 3 is 2.62 bits per heavy atom. The number of fused-ring (bicyclic) bond motifs is 1. The SMILES string of the molecule is O=C(NNC(=O)C1COc2ccccc2O1)c1ccc(F)cc1Br. The minimum Gasteiger partial charge on any atom is -0.485 e. The van der Waals surface area contributed by atoms with Crippen LogP contribution in [0.25, 0.3) is 0 Å². The summed E-state index contributed by atoms with van der Waals surface area (Å²) >= 11 is 3.09. The first-order valence-electron chi connectivity index (χ1n) is 6.98. The van der Waals surface area contributed by atoms with Crippen molar-refractivity contribution in [1.82, 2.24) is 10.9 Å². The summed E-state index contributed by atoms with van der Waals surface area (Å²) < 4.78 is 24.3. The molecule has 0 radical (unpaired) electrons. The number of ether oxygens (including phenoxy) is 2. The lowest BCUT2D eigenvalue weighted by Crippen LogP contribution is -2.50. The molecule has 2 aromatic carbocycles. The number of nitrogens with one attached hydrogen (secondary N) is 2. The van der Waals surface area contributed by atoms with E-state index in [0.717, 1.165) is 12.1 Å². The molecule has 24 heavy (non-hydrogen) atoms. The maximum Gasteiger partial charge on any atom is 0.283 e. The first-order valence-corrected chi connectivity index (χ1v) is 7.77. The number of hydrogen-bond donors (Lipinski definition) is 2. The van der Waals surface area contributed by atoms with E-state index in [1.165, 1.54) is 6.07 Å². The monoisotopic (exact) mass is 394 g/mol. The zero-order chi connectivity index (χ0) is 17.1. The van der Waals surface area contributed by atoms with Crippen LogP contribution in [0.3, 0.4) is 0 Å². The molecule has 1 aliphatic rings. The highest BCUT2D eigenvalue weighted by atomic mass is 79.9. The van der Waals surface area contributed by atoms with Crippen LogP contribution in [0.5, 0.6) is 11.5 Å². The first kappa shape index (κ1) is 16.3. The zero-order valence-corrected chi connectivity index (χ0v) is 13.8. The molecule has 3 rings (SSSR count). The van der Waals surface area contributed by atoms with Gasteiger partial charge in [-0.15, -0.1) is 0 Å². The number of halogens is 2. The van der Waals surface area contributed by atoms with Crippen LogP contribution in [-0.2, 0) is 4.79 Å². The largest absolute Gasteiger partial charge is 0.485 e. The Morgan fingerprint density at radius 2 is 1.88 bits per heavy atom. The fourth-order valence-corrected chi connectivity index (χ4v) is 2.62. The lowest BCUT2D eigenvalue weighted by molar-refractivity contribution is -0.131. The number of para-hydroxylation sites is 2. The molecular formula is C16H12BrFN2O4. The molecular weight excluding hydrogens is 383 g/mol. The quantitative estimate of drug-likeness (QED) is 0.765. The van der Waals surface area contributed by atoms with Crippen LogP contribution in [0.4, 0.5) is 4.39 Å². The van der Waals surface area contributed by atoms with Gasteiger partial charge in [-0.05, 0) is 46.3 Å². The van der Waals surface area contributed by atoms with Crippen molar-refractivity contribution in [3.63, 3.8) is 0 Å². The summed E-state index contributed by atoms with van der Waals surface area (Å²) in [5.41, 5.74) is 4.70. The van der Waals surface area contributed by atoms with Gasteiger partial charge in [0.1, 0.15) is 12.4 Å². The van der Waals surface area contributed by atoms with Crippen molar-refractivity contribution in [2.24, 2.45) is 0 Å². The Morgan fingerprint density at radius 1 is 1.12 bits per heavy atom. The van der Waals surface area contributed by atoms with Crippen molar-refractivity contribution < 1.29 is 23.5 Å². The van der Waals surface area contributed by atoms with Crippen molar-refractivity contribution in [1.29, 1.82) is 0 Å². The van der Waals surface area contributed by atoms with Gasteiger partial charge < -0.3 is 9.47 Å². The van der Waals surface area contributed by atoms with Gasteiger partial charge in [-0.3, -0.25) is 20.4 Å². The van der Waals surface area contributed by atoms with Crippen LogP contribution in [-0.4, -0.2) is 24.5 Å². The Balaban J connectivity index is 1.59. The molecule has 2 N–H and O–H groups in total. The second-order valence-electron chi connectivity index (χ2n) is 4.93. The predicted molar refractivity (Wildman–Crippen MR) is 86.1 cm³/mol. The molecule has 124 valence electrons. The highest BCUT2D eigenvalue weighted by Crippen LogP contribution is 2.30. The summed E-state index contributed by atoms with van der Waals surface area (Å²) in [5.74, 6) is -0.616. The highest BCUT2D eigenvalue weighted by molar-refractivity contribution is 9.10. The number of hydrazine groups is 1. The summed E-state index contributed by atoms with van der Waals surface area (Å²) in [6.45, 7) is 0.0267. The van der Waals surface area contributed by atoms with Gasteiger partial charge in [0.05, 0.1) is 5.56 Å². The molecule has 0 aliphatic carbocycles. The maximum atomic E-state index is 13.0. The minimum absolute atomic E-state index is 0.0267. The molecule has 0 bridgehead atoms. The van der Waals surface area contributed by atoms with Crippen LogP contribution >= 0.6 is 15.9 Å². The summed E-state index contributed by atoms with van der Waals surface area (Å²) in [6, 6.07) is 10.6. The third-order valence-corrected chi connectivity index (χ3v) is 3.93. The van der Waals surface area contributed by atoms with Gasteiger partial charge in [-0.1, -0.05) is 12.1 Å². The van der Waals surface area contributed by atoms with Crippen LogP contribution < -0.4 is 20.3 Å². The van der Waals surface area contributed by atoms with Crippen molar-refractivity contribution in [3.8, 4) is 11.5 Å². The van der Waals surface area contributed by atoms with Crippen LogP contribution in [0.15, 0.2) is 46.9 Å². The second-order valence-corrected chi connectivity index (χ2v) is 5.79. The lowest BCUT2D eigenvalue weighted by Gasteiger charge is -2.25. The molecule has 2 aromatic rings. The third-order valence-electron chi connectivity index (χ3n) is 3.28. The van der Waals surface area contributed by atoms with Crippen LogP contribution in [0, 0.1) is 5.82 Å². The Bertz CT molecular complexity index is 799. The number of carbonyl (C=O) groups is 2. The standard InChI is InChI=1S/C16H12BrFN2O4/c17-11-7-9(18)5-6-10(11)15(21)19-20-16(22)14-8-23-12-3-1-2-4-13(12)24-14/h1-7,14H,8H2,(H,19,21)(H,20,22). The molecule has 1 atom stereocenters.